The van der Waals surface area contributed by atoms with Crippen LogP contribution in [0.15, 0.2) is 0 Å². The molecule has 0 aromatic carbocycles. The summed E-state index contributed by atoms with van der Waals surface area (Å²) in [7, 11) is 0. The molecule has 0 spiro atoms. The molecule has 1 aliphatic heterocycles. The summed E-state index contributed by atoms with van der Waals surface area (Å²) in [4.78, 5) is 11.7. The van der Waals surface area contributed by atoms with Crippen LogP contribution in [0.1, 0.15) is 27.2 Å². The molecule has 1 amide bonds. The number of aliphatic hydroxyl groups excluding tert-OH is 1. The van der Waals surface area contributed by atoms with Crippen molar-refractivity contribution >= 4 is 5.91 Å². The van der Waals surface area contributed by atoms with Gasteiger partial charge in [0.15, 0.2) is 0 Å². The number of nitrogens with one attached hydrogen (secondary N) is 2. The molecule has 1 aliphatic rings. The minimum atomic E-state index is -0.193. The second kappa shape index (κ2) is 6.33. The van der Waals surface area contributed by atoms with E-state index in [-0.39, 0.29) is 30.8 Å². The smallest absolute Gasteiger partial charge is 0.246 e. The number of aliphatic hydroxyl groups is 1. The molecule has 5 nitrogen and oxygen atoms in total. The van der Waals surface area contributed by atoms with Crippen LogP contribution in [0.5, 0.6) is 0 Å². The molecule has 1 unspecified atom stereocenters. The lowest BCUT2D eigenvalue weighted by Crippen LogP contribution is -2.59. The van der Waals surface area contributed by atoms with E-state index in [9.17, 15) is 4.79 Å². The molecule has 1 atom stereocenters. The van der Waals surface area contributed by atoms with Crippen molar-refractivity contribution in [3.8, 4) is 0 Å². The molecule has 0 bridgehead atoms. The van der Waals surface area contributed by atoms with Gasteiger partial charge >= 0.3 is 0 Å². The summed E-state index contributed by atoms with van der Waals surface area (Å²) in [6.45, 7) is 7.81. The van der Waals surface area contributed by atoms with Crippen LogP contribution in [0.2, 0.25) is 0 Å². The van der Waals surface area contributed by atoms with Crippen LogP contribution in [0, 0.1) is 5.92 Å². The van der Waals surface area contributed by atoms with Gasteiger partial charge < -0.3 is 20.5 Å². The number of amides is 1. The van der Waals surface area contributed by atoms with E-state index in [0.29, 0.717) is 12.3 Å². The zero-order valence-electron chi connectivity index (χ0n) is 11.0. The highest BCUT2D eigenvalue weighted by Gasteiger charge is 2.33. The molecule has 3 N–H and O–H groups in total. The fourth-order valence-electron chi connectivity index (χ4n) is 1.78. The van der Waals surface area contributed by atoms with Crippen LogP contribution >= 0.6 is 0 Å². The molecule has 1 heterocycles. The van der Waals surface area contributed by atoms with Gasteiger partial charge in [-0.3, -0.25) is 4.79 Å². The maximum atomic E-state index is 11.7. The van der Waals surface area contributed by atoms with Crippen LogP contribution in [-0.2, 0) is 9.53 Å². The van der Waals surface area contributed by atoms with Gasteiger partial charge in [-0.2, -0.15) is 0 Å². The molecule has 0 radical (unpaired) electrons. The van der Waals surface area contributed by atoms with Crippen molar-refractivity contribution in [2.24, 2.45) is 5.92 Å². The van der Waals surface area contributed by atoms with Crippen LogP contribution < -0.4 is 10.6 Å². The number of carbonyl (C=O) groups is 1. The second-order valence-electron chi connectivity index (χ2n) is 5.27. The third kappa shape index (κ3) is 4.61. The van der Waals surface area contributed by atoms with E-state index >= 15 is 0 Å². The summed E-state index contributed by atoms with van der Waals surface area (Å²) in [6.07, 6.45) is 0.586. The predicted octanol–water partition coefficient (Wildman–Crippen LogP) is -0.112. The minimum Gasteiger partial charge on any atom is -0.396 e. The van der Waals surface area contributed by atoms with Crippen molar-refractivity contribution in [2.45, 2.75) is 38.8 Å². The van der Waals surface area contributed by atoms with E-state index in [0.717, 1.165) is 13.1 Å². The first-order chi connectivity index (χ1) is 7.97. The van der Waals surface area contributed by atoms with Crippen LogP contribution in [-0.4, -0.2) is 49.0 Å². The normalized spacial score (nSPS) is 19.8. The molecular weight excluding hydrogens is 220 g/mol. The van der Waals surface area contributed by atoms with Gasteiger partial charge in [0.2, 0.25) is 5.91 Å². The first-order valence-electron chi connectivity index (χ1n) is 6.22. The van der Waals surface area contributed by atoms with E-state index in [1.54, 1.807) is 0 Å². The molecule has 100 valence electrons. The average molecular weight is 244 g/mol. The molecule has 1 fully saturated rings. The summed E-state index contributed by atoms with van der Waals surface area (Å²) in [6, 6.07) is 0.0171. The van der Waals surface area contributed by atoms with Crippen molar-refractivity contribution in [1.29, 1.82) is 0 Å². The largest absolute Gasteiger partial charge is 0.396 e. The third-order valence-corrected chi connectivity index (χ3v) is 3.14. The summed E-state index contributed by atoms with van der Waals surface area (Å²) in [5, 5.41) is 14.9. The standard InChI is InChI=1S/C12H24N2O3/c1-9(2)10(4-5-15)14-11(16)6-17-12(3)7-13-8-12/h9-10,13,15H,4-8H2,1-3H3,(H,14,16). The topological polar surface area (TPSA) is 70.6 Å². The molecule has 1 saturated heterocycles. The zero-order valence-corrected chi connectivity index (χ0v) is 11.0. The zero-order chi connectivity index (χ0) is 12.9. The maximum absolute atomic E-state index is 11.7. The van der Waals surface area contributed by atoms with Crippen molar-refractivity contribution in [2.75, 3.05) is 26.3 Å². The Bertz CT molecular complexity index is 252. The van der Waals surface area contributed by atoms with E-state index in [1.165, 1.54) is 0 Å². The molecular formula is C12H24N2O3. The summed E-state index contributed by atoms with van der Waals surface area (Å²) in [5.74, 6) is 0.206. The maximum Gasteiger partial charge on any atom is 0.246 e. The quantitative estimate of drug-likeness (QED) is 0.584. The molecule has 0 aromatic heterocycles. The average Bonchev–Trinajstić information content (AvgIpc) is 2.23. The van der Waals surface area contributed by atoms with Gasteiger partial charge in [-0.15, -0.1) is 0 Å². The van der Waals surface area contributed by atoms with E-state index in [1.807, 2.05) is 20.8 Å². The first-order valence-corrected chi connectivity index (χ1v) is 6.22. The fourth-order valence-corrected chi connectivity index (χ4v) is 1.78. The van der Waals surface area contributed by atoms with Crippen molar-refractivity contribution in [1.82, 2.24) is 10.6 Å². The van der Waals surface area contributed by atoms with Gasteiger partial charge in [0, 0.05) is 25.7 Å². The molecule has 0 saturated carbocycles. The molecule has 17 heavy (non-hydrogen) atoms. The molecule has 0 aromatic rings. The lowest BCUT2D eigenvalue weighted by Gasteiger charge is -2.38. The highest BCUT2D eigenvalue weighted by molar-refractivity contribution is 5.77. The summed E-state index contributed by atoms with van der Waals surface area (Å²) >= 11 is 0. The number of hydrogen-bond donors (Lipinski definition) is 3. The van der Waals surface area contributed by atoms with Gasteiger partial charge in [0.05, 0.1) is 5.60 Å². The van der Waals surface area contributed by atoms with Crippen molar-refractivity contribution in [3.63, 3.8) is 0 Å². The van der Waals surface area contributed by atoms with Crippen molar-refractivity contribution in [3.05, 3.63) is 0 Å². The van der Waals surface area contributed by atoms with Gasteiger partial charge in [-0.1, -0.05) is 13.8 Å². The number of ether oxygens (including phenoxy) is 1. The predicted molar refractivity (Wildman–Crippen MR) is 65.7 cm³/mol. The Balaban J connectivity index is 2.26. The Morgan fingerprint density at radius 2 is 2.18 bits per heavy atom. The summed E-state index contributed by atoms with van der Waals surface area (Å²) < 4.78 is 5.55. The lowest BCUT2D eigenvalue weighted by atomic mass is 10.00. The lowest BCUT2D eigenvalue weighted by molar-refractivity contribution is -0.136. The third-order valence-electron chi connectivity index (χ3n) is 3.14. The Morgan fingerprint density at radius 1 is 1.53 bits per heavy atom. The van der Waals surface area contributed by atoms with E-state index in [2.05, 4.69) is 10.6 Å². The summed E-state index contributed by atoms with van der Waals surface area (Å²) in [5.41, 5.74) is -0.193. The number of hydrogen-bond acceptors (Lipinski definition) is 4. The Labute approximate surface area is 103 Å². The minimum absolute atomic E-state index is 0.0171. The monoisotopic (exact) mass is 244 g/mol. The molecule has 0 aliphatic carbocycles. The van der Waals surface area contributed by atoms with Crippen LogP contribution in [0.25, 0.3) is 0 Å². The SMILES string of the molecule is CC(C)C(CCO)NC(=O)COC1(C)CNC1. The molecule has 1 rings (SSSR count). The highest BCUT2D eigenvalue weighted by atomic mass is 16.5. The van der Waals surface area contributed by atoms with E-state index in [4.69, 9.17) is 9.84 Å². The number of carbonyl (C=O) groups excluding carboxylic acids is 1. The Hall–Kier alpha value is -0.650. The van der Waals surface area contributed by atoms with E-state index < -0.39 is 0 Å². The number of rotatable bonds is 7. The van der Waals surface area contributed by atoms with Gasteiger partial charge in [0.1, 0.15) is 6.61 Å². The van der Waals surface area contributed by atoms with Crippen LogP contribution in [0.3, 0.4) is 0 Å². The van der Waals surface area contributed by atoms with Gasteiger partial charge in [0.25, 0.3) is 0 Å². The highest BCUT2D eigenvalue weighted by Crippen LogP contribution is 2.14. The van der Waals surface area contributed by atoms with Crippen LogP contribution in [0.4, 0.5) is 0 Å². The van der Waals surface area contributed by atoms with Gasteiger partial charge in [-0.25, -0.2) is 0 Å². The molecule has 5 heteroatoms. The van der Waals surface area contributed by atoms with Gasteiger partial charge in [-0.05, 0) is 19.3 Å². The van der Waals surface area contributed by atoms with Crippen molar-refractivity contribution < 1.29 is 14.6 Å². The Morgan fingerprint density at radius 3 is 2.59 bits per heavy atom. The first kappa shape index (κ1) is 14.4. The Kier molecular flexibility index (Phi) is 5.36. The second-order valence-corrected chi connectivity index (χ2v) is 5.27. The fraction of sp³-hybridized carbons (Fsp3) is 0.917.